The Bertz CT molecular complexity index is 344. The van der Waals surface area contributed by atoms with Crippen molar-refractivity contribution in [3.05, 3.63) is 35.9 Å². The van der Waals surface area contributed by atoms with Crippen LogP contribution in [0.25, 0.3) is 0 Å². The van der Waals surface area contributed by atoms with Crippen LogP contribution in [-0.2, 0) is 16.1 Å². The van der Waals surface area contributed by atoms with E-state index < -0.39 is 0 Å². The van der Waals surface area contributed by atoms with Gasteiger partial charge in [-0.15, -0.1) is 5.06 Å². The number of piperidine rings is 1. The molecular formula is C14H19NO2. The second-order valence-electron chi connectivity index (χ2n) is 4.44. The SMILES string of the molecule is O=C(CCc1ccccc1)ON1CCCCC1. The van der Waals surface area contributed by atoms with Gasteiger partial charge in [-0.25, -0.2) is 0 Å². The van der Waals surface area contributed by atoms with Crippen LogP contribution >= 0.6 is 0 Å². The summed E-state index contributed by atoms with van der Waals surface area (Å²) in [4.78, 5) is 16.9. The summed E-state index contributed by atoms with van der Waals surface area (Å²) in [6.07, 6.45) is 4.73. The number of rotatable bonds is 4. The smallest absolute Gasteiger partial charge is 0.325 e. The van der Waals surface area contributed by atoms with Crippen molar-refractivity contribution in [2.75, 3.05) is 13.1 Å². The molecule has 92 valence electrons. The summed E-state index contributed by atoms with van der Waals surface area (Å²) in [6, 6.07) is 10.0. The molecule has 3 heteroatoms. The number of nitrogens with zero attached hydrogens (tertiary/aromatic N) is 1. The number of benzene rings is 1. The van der Waals surface area contributed by atoms with E-state index >= 15 is 0 Å². The molecule has 1 aliphatic heterocycles. The summed E-state index contributed by atoms with van der Waals surface area (Å²) < 4.78 is 0. The van der Waals surface area contributed by atoms with Crippen molar-refractivity contribution in [1.82, 2.24) is 5.06 Å². The van der Waals surface area contributed by atoms with Crippen LogP contribution < -0.4 is 0 Å². The molecule has 1 saturated heterocycles. The average Bonchev–Trinajstić information content (AvgIpc) is 2.39. The lowest BCUT2D eigenvalue weighted by atomic mass is 10.1. The van der Waals surface area contributed by atoms with Crippen LogP contribution in [-0.4, -0.2) is 24.1 Å². The Morgan fingerprint density at radius 1 is 1.12 bits per heavy atom. The Morgan fingerprint density at radius 3 is 2.53 bits per heavy atom. The van der Waals surface area contributed by atoms with Crippen LogP contribution in [0.1, 0.15) is 31.2 Å². The summed E-state index contributed by atoms with van der Waals surface area (Å²) in [6.45, 7) is 1.77. The monoisotopic (exact) mass is 233 g/mol. The highest BCUT2D eigenvalue weighted by molar-refractivity contribution is 5.69. The highest BCUT2D eigenvalue weighted by Crippen LogP contribution is 2.10. The standard InChI is InChI=1S/C14H19NO2/c16-14(17-15-11-5-2-6-12-15)10-9-13-7-3-1-4-8-13/h1,3-4,7-8H,2,5-6,9-12H2. The number of carbonyl (C=O) groups is 1. The zero-order valence-corrected chi connectivity index (χ0v) is 10.1. The van der Waals surface area contributed by atoms with E-state index in [1.54, 1.807) is 5.06 Å². The first kappa shape index (κ1) is 12.1. The van der Waals surface area contributed by atoms with E-state index in [9.17, 15) is 4.79 Å². The fraction of sp³-hybridized carbons (Fsp3) is 0.500. The highest BCUT2D eigenvalue weighted by Gasteiger charge is 2.14. The van der Waals surface area contributed by atoms with Crippen LogP contribution in [0.4, 0.5) is 0 Å². The van der Waals surface area contributed by atoms with E-state index in [0.29, 0.717) is 6.42 Å². The number of hydrogen-bond donors (Lipinski definition) is 0. The number of hydroxylamine groups is 2. The first-order valence-electron chi connectivity index (χ1n) is 6.34. The molecule has 1 fully saturated rings. The van der Waals surface area contributed by atoms with Crippen LogP contribution in [0.3, 0.4) is 0 Å². The largest absolute Gasteiger partial charge is 0.368 e. The molecule has 1 aromatic carbocycles. The third-order valence-electron chi connectivity index (χ3n) is 3.01. The third-order valence-corrected chi connectivity index (χ3v) is 3.01. The Kier molecular flexibility index (Phi) is 4.56. The molecule has 0 amide bonds. The van der Waals surface area contributed by atoms with Gasteiger partial charge in [0.15, 0.2) is 0 Å². The topological polar surface area (TPSA) is 29.5 Å². The lowest BCUT2D eigenvalue weighted by Crippen LogP contribution is -2.32. The van der Waals surface area contributed by atoms with Gasteiger partial charge < -0.3 is 4.84 Å². The molecule has 1 heterocycles. The predicted octanol–water partition coefficient (Wildman–Crippen LogP) is 2.56. The zero-order valence-electron chi connectivity index (χ0n) is 10.1. The van der Waals surface area contributed by atoms with Gasteiger partial charge in [0.2, 0.25) is 0 Å². The molecule has 0 atom stereocenters. The summed E-state index contributed by atoms with van der Waals surface area (Å²) in [7, 11) is 0. The molecule has 0 saturated carbocycles. The van der Waals surface area contributed by atoms with E-state index in [2.05, 4.69) is 0 Å². The summed E-state index contributed by atoms with van der Waals surface area (Å²) in [5, 5.41) is 1.80. The van der Waals surface area contributed by atoms with E-state index in [1.807, 2.05) is 30.3 Å². The number of aryl methyl sites for hydroxylation is 1. The first-order chi connectivity index (χ1) is 8.34. The van der Waals surface area contributed by atoms with Crippen molar-refractivity contribution >= 4 is 5.97 Å². The number of carbonyl (C=O) groups excluding carboxylic acids is 1. The van der Waals surface area contributed by atoms with Gasteiger partial charge in [0.05, 0.1) is 6.42 Å². The van der Waals surface area contributed by atoms with Gasteiger partial charge in [-0.3, -0.25) is 4.79 Å². The second-order valence-corrected chi connectivity index (χ2v) is 4.44. The molecule has 2 rings (SSSR count). The van der Waals surface area contributed by atoms with E-state index in [-0.39, 0.29) is 5.97 Å². The fourth-order valence-electron chi connectivity index (χ4n) is 2.04. The molecule has 1 aromatic rings. The van der Waals surface area contributed by atoms with Crippen LogP contribution in [0.2, 0.25) is 0 Å². The zero-order chi connectivity index (χ0) is 11.9. The maximum atomic E-state index is 11.6. The molecule has 0 unspecified atom stereocenters. The number of hydrogen-bond acceptors (Lipinski definition) is 3. The quantitative estimate of drug-likeness (QED) is 0.800. The lowest BCUT2D eigenvalue weighted by Gasteiger charge is -2.24. The van der Waals surface area contributed by atoms with Crippen molar-refractivity contribution in [1.29, 1.82) is 0 Å². The van der Waals surface area contributed by atoms with E-state index in [1.165, 1.54) is 12.0 Å². The van der Waals surface area contributed by atoms with Gasteiger partial charge >= 0.3 is 5.97 Å². The minimum atomic E-state index is -0.115. The van der Waals surface area contributed by atoms with Crippen molar-refractivity contribution in [2.45, 2.75) is 32.1 Å². The first-order valence-corrected chi connectivity index (χ1v) is 6.34. The molecular weight excluding hydrogens is 214 g/mol. The molecule has 0 aromatic heterocycles. The van der Waals surface area contributed by atoms with Crippen LogP contribution in [0.15, 0.2) is 30.3 Å². The van der Waals surface area contributed by atoms with Gasteiger partial charge in [0, 0.05) is 13.1 Å². The fourth-order valence-corrected chi connectivity index (χ4v) is 2.04. The van der Waals surface area contributed by atoms with E-state index in [4.69, 9.17) is 4.84 Å². The maximum Gasteiger partial charge on any atom is 0.325 e. The highest BCUT2D eigenvalue weighted by atomic mass is 16.7. The molecule has 0 aliphatic carbocycles. The lowest BCUT2D eigenvalue weighted by molar-refractivity contribution is -0.194. The van der Waals surface area contributed by atoms with Crippen LogP contribution in [0, 0.1) is 0 Å². The van der Waals surface area contributed by atoms with Crippen molar-refractivity contribution < 1.29 is 9.63 Å². The molecule has 0 radical (unpaired) electrons. The van der Waals surface area contributed by atoms with Crippen molar-refractivity contribution in [2.24, 2.45) is 0 Å². The van der Waals surface area contributed by atoms with Gasteiger partial charge in [-0.05, 0) is 24.8 Å². The second kappa shape index (κ2) is 6.40. The summed E-state index contributed by atoms with van der Waals surface area (Å²) >= 11 is 0. The Balaban J connectivity index is 1.70. The minimum Gasteiger partial charge on any atom is -0.368 e. The molecule has 0 N–H and O–H groups in total. The average molecular weight is 233 g/mol. The normalized spacial score (nSPS) is 16.7. The van der Waals surface area contributed by atoms with Crippen LogP contribution in [0.5, 0.6) is 0 Å². The summed E-state index contributed by atoms with van der Waals surface area (Å²) in [5.74, 6) is -0.115. The molecule has 17 heavy (non-hydrogen) atoms. The Labute approximate surface area is 102 Å². The molecule has 3 nitrogen and oxygen atoms in total. The maximum absolute atomic E-state index is 11.6. The van der Waals surface area contributed by atoms with E-state index in [0.717, 1.165) is 32.4 Å². The third kappa shape index (κ3) is 4.19. The van der Waals surface area contributed by atoms with Crippen molar-refractivity contribution in [3.63, 3.8) is 0 Å². The predicted molar refractivity (Wildman–Crippen MR) is 66.3 cm³/mol. The Morgan fingerprint density at radius 2 is 1.82 bits per heavy atom. The summed E-state index contributed by atoms with van der Waals surface area (Å²) in [5.41, 5.74) is 1.18. The molecule has 0 bridgehead atoms. The van der Waals surface area contributed by atoms with Gasteiger partial charge in [0.25, 0.3) is 0 Å². The molecule has 0 spiro atoms. The van der Waals surface area contributed by atoms with Gasteiger partial charge in [0.1, 0.15) is 0 Å². The van der Waals surface area contributed by atoms with Gasteiger partial charge in [-0.2, -0.15) is 0 Å². The molecule has 1 aliphatic rings. The van der Waals surface area contributed by atoms with Crippen molar-refractivity contribution in [3.8, 4) is 0 Å². The Hall–Kier alpha value is -1.35. The minimum absolute atomic E-state index is 0.115. The van der Waals surface area contributed by atoms with Gasteiger partial charge in [-0.1, -0.05) is 36.8 Å².